The molecule has 3 aromatic rings. The number of nitrogen functional groups attached to an aromatic ring is 1. The quantitative estimate of drug-likeness (QED) is 0.628. The zero-order valence-corrected chi connectivity index (χ0v) is 17.5. The van der Waals surface area contributed by atoms with E-state index in [2.05, 4.69) is 15.2 Å². The van der Waals surface area contributed by atoms with Gasteiger partial charge in [-0.3, -0.25) is 4.90 Å². The van der Waals surface area contributed by atoms with E-state index < -0.39 is 0 Å². The van der Waals surface area contributed by atoms with Gasteiger partial charge < -0.3 is 15.8 Å². The highest BCUT2D eigenvalue weighted by molar-refractivity contribution is 7.22. The lowest BCUT2D eigenvalue weighted by atomic mass is 10.0. The summed E-state index contributed by atoms with van der Waals surface area (Å²) in [6.45, 7) is 4.46. The molecule has 0 saturated carbocycles. The summed E-state index contributed by atoms with van der Waals surface area (Å²) in [6, 6.07) is 4.87. The molecule has 0 radical (unpaired) electrons. The number of nitrogens with one attached hydrogen (secondary N) is 1. The molecular weight excluding hydrogens is 422 g/mol. The molecule has 2 heterocycles. The van der Waals surface area contributed by atoms with E-state index >= 15 is 0 Å². The van der Waals surface area contributed by atoms with Crippen LogP contribution in [0.2, 0.25) is 10.0 Å². The highest BCUT2D eigenvalue weighted by atomic mass is 35.5. The number of aromatic nitrogens is 1. The molecule has 3 N–H and O–H groups in total. The molecule has 28 heavy (non-hydrogen) atoms. The van der Waals surface area contributed by atoms with Crippen LogP contribution in [0.25, 0.3) is 21.3 Å². The van der Waals surface area contributed by atoms with E-state index in [0.717, 1.165) is 43.1 Å². The summed E-state index contributed by atoms with van der Waals surface area (Å²) in [5.74, 6) is 0.197. The Labute approximate surface area is 176 Å². The number of methoxy groups -OCH3 is 1. The smallest absolute Gasteiger partial charge is 0.181 e. The molecule has 5 nitrogen and oxygen atoms in total. The van der Waals surface area contributed by atoms with Gasteiger partial charge in [-0.2, -0.15) is 0 Å². The lowest BCUT2D eigenvalue weighted by molar-refractivity contribution is 0.230. The van der Waals surface area contributed by atoms with Gasteiger partial charge in [-0.05, 0) is 18.2 Å². The van der Waals surface area contributed by atoms with Crippen molar-refractivity contribution in [1.82, 2.24) is 15.2 Å². The first-order valence-electron chi connectivity index (χ1n) is 8.82. The number of rotatable bonds is 4. The minimum absolute atomic E-state index is 0.288. The van der Waals surface area contributed by atoms with E-state index in [4.69, 9.17) is 33.7 Å². The molecule has 0 unspecified atom stereocenters. The minimum atomic E-state index is -0.373. The second kappa shape index (κ2) is 8.00. The molecule has 2 aromatic carbocycles. The number of halogens is 3. The molecule has 148 valence electrons. The zero-order valence-electron chi connectivity index (χ0n) is 15.2. The molecule has 0 spiro atoms. The first kappa shape index (κ1) is 19.7. The van der Waals surface area contributed by atoms with Crippen LogP contribution in [0.15, 0.2) is 18.2 Å². The second-order valence-corrected chi connectivity index (χ2v) is 8.41. The van der Waals surface area contributed by atoms with Gasteiger partial charge in [-0.25, -0.2) is 9.37 Å². The van der Waals surface area contributed by atoms with Crippen LogP contribution in [0.1, 0.15) is 5.56 Å². The minimum Gasteiger partial charge on any atom is -0.495 e. The molecule has 0 aliphatic carbocycles. The third-order valence-corrected chi connectivity index (χ3v) is 6.39. The van der Waals surface area contributed by atoms with Gasteiger partial charge in [0.2, 0.25) is 0 Å². The SMILES string of the molecule is COc1c(CN2CCNCC2)cc(Cl)c(-c2ccc(F)c3sc(N)nc23)c1Cl. The Morgan fingerprint density at radius 2 is 2.07 bits per heavy atom. The molecule has 0 atom stereocenters. The van der Waals surface area contributed by atoms with Crippen LogP contribution < -0.4 is 15.8 Å². The number of nitrogens with two attached hydrogens (primary N) is 1. The van der Waals surface area contributed by atoms with Crippen LogP contribution in [0.5, 0.6) is 5.75 Å². The third-order valence-electron chi connectivity index (χ3n) is 4.84. The number of fused-ring (bicyclic) bond motifs is 1. The Kier molecular flexibility index (Phi) is 5.62. The van der Waals surface area contributed by atoms with E-state index in [1.807, 2.05) is 6.07 Å². The van der Waals surface area contributed by atoms with Crippen molar-refractivity contribution < 1.29 is 9.13 Å². The predicted molar refractivity (Wildman–Crippen MR) is 114 cm³/mol. The van der Waals surface area contributed by atoms with Gasteiger partial charge in [0.15, 0.2) is 5.13 Å². The van der Waals surface area contributed by atoms with Gasteiger partial charge in [-0.15, -0.1) is 0 Å². The van der Waals surface area contributed by atoms with Crippen molar-refractivity contribution in [3.63, 3.8) is 0 Å². The molecule has 1 saturated heterocycles. The number of nitrogens with zero attached hydrogens (tertiary/aromatic N) is 2. The first-order valence-corrected chi connectivity index (χ1v) is 10.4. The molecule has 1 aromatic heterocycles. The van der Waals surface area contributed by atoms with Crippen molar-refractivity contribution in [2.75, 3.05) is 39.0 Å². The predicted octanol–water partition coefficient (Wildman–Crippen LogP) is 4.41. The van der Waals surface area contributed by atoms with Crippen LogP contribution in [0.3, 0.4) is 0 Å². The largest absolute Gasteiger partial charge is 0.495 e. The molecule has 0 bridgehead atoms. The maximum absolute atomic E-state index is 14.2. The summed E-state index contributed by atoms with van der Waals surface area (Å²) < 4.78 is 20.2. The van der Waals surface area contributed by atoms with Crippen molar-refractivity contribution in [3.8, 4) is 16.9 Å². The van der Waals surface area contributed by atoms with Crippen LogP contribution in [-0.4, -0.2) is 43.2 Å². The maximum Gasteiger partial charge on any atom is 0.181 e. The molecule has 1 fully saturated rings. The lowest BCUT2D eigenvalue weighted by Crippen LogP contribution is -2.42. The summed E-state index contributed by atoms with van der Waals surface area (Å²) in [6.07, 6.45) is 0. The molecule has 1 aliphatic rings. The van der Waals surface area contributed by atoms with Gasteiger partial charge in [0.1, 0.15) is 11.6 Å². The highest BCUT2D eigenvalue weighted by Crippen LogP contribution is 2.46. The van der Waals surface area contributed by atoms with Gasteiger partial charge in [-0.1, -0.05) is 34.5 Å². The van der Waals surface area contributed by atoms with Crippen molar-refractivity contribution >= 4 is 49.9 Å². The number of benzene rings is 2. The Balaban J connectivity index is 1.84. The number of thiazole rings is 1. The normalized spacial score (nSPS) is 15.3. The fraction of sp³-hybridized carbons (Fsp3) is 0.316. The number of hydrogen-bond donors (Lipinski definition) is 2. The summed E-state index contributed by atoms with van der Waals surface area (Å²) in [5, 5.41) is 4.48. The zero-order chi connectivity index (χ0) is 19.8. The highest BCUT2D eigenvalue weighted by Gasteiger charge is 2.23. The van der Waals surface area contributed by atoms with Gasteiger partial charge >= 0.3 is 0 Å². The second-order valence-electron chi connectivity index (χ2n) is 6.59. The standard InChI is InChI=1S/C19H19Cl2FN4OS/c1-27-17-10(9-26-6-4-24-5-7-26)8-12(20)14(15(17)21)11-2-3-13(22)18-16(11)25-19(23)28-18/h2-3,8,24H,4-7,9H2,1H3,(H2,23,25). The lowest BCUT2D eigenvalue weighted by Gasteiger charge is -2.28. The summed E-state index contributed by atoms with van der Waals surface area (Å²) >= 11 is 14.5. The summed E-state index contributed by atoms with van der Waals surface area (Å²) in [7, 11) is 1.58. The Morgan fingerprint density at radius 1 is 1.32 bits per heavy atom. The van der Waals surface area contributed by atoms with E-state index in [1.165, 1.54) is 6.07 Å². The van der Waals surface area contributed by atoms with E-state index in [-0.39, 0.29) is 10.9 Å². The molecular formula is C19H19Cl2FN4OS. The van der Waals surface area contributed by atoms with E-state index in [1.54, 1.807) is 13.2 Å². The van der Waals surface area contributed by atoms with Crippen molar-refractivity contribution in [2.24, 2.45) is 0 Å². The Bertz CT molecular complexity index is 1040. The fourth-order valence-electron chi connectivity index (χ4n) is 3.54. The monoisotopic (exact) mass is 440 g/mol. The van der Waals surface area contributed by atoms with Gasteiger partial charge in [0.05, 0.1) is 27.4 Å². The molecule has 4 rings (SSSR count). The van der Waals surface area contributed by atoms with E-state index in [9.17, 15) is 4.39 Å². The van der Waals surface area contributed by atoms with Gasteiger partial charge in [0, 0.05) is 49.4 Å². The van der Waals surface area contributed by atoms with Crippen molar-refractivity contribution in [2.45, 2.75) is 6.54 Å². The third kappa shape index (κ3) is 3.53. The van der Waals surface area contributed by atoms with Crippen LogP contribution in [-0.2, 0) is 6.54 Å². The first-order chi connectivity index (χ1) is 13.5. The van der Waals surface area contributed by atoms with Crippen LogP contribution in [0.4, 0.5) is 9.52 Å². The summed E-state index contributed by atoms with van der Waals surface area (Å²) in [5.41, 5.74) is 8.37. The average Bonchev–Trinajstić information content (AvgIpc) is 3.07. The maximum atomic E-state index is 14.2. The molecule has 1 aliphatic heterocycles. The van der Waals surface area contributed by atoms with Gasteiger partial charge in [0.25, 0.3) is 0 Å². The van der Waals surface area contributed by atoms with E-state index in [0.29, 0.717) is 43.7 Å². The fourth-order valence-corrected chi connectivity index (χ4v) is 5.08. The summed E-state index contributed by atoms with van der Waals surface area (Å²) in [4.78, 5) is 6.60. The van der Waals surface area contributed by atoms with Crippen LogP contribution >= 0.6 is 34.5 Å². The number of ether oxygens (including phenoxy) is 1. The topological polar surface area (TPSA) is 63.4 Å². The molecule has 0 amide bonds. The Hall–Kier alpha value is -1.64. The Morgan fingerprint density at radius 3 is 2.79 bits per heavy atom. The number of anilines is 1. The number of hydrogen-bond acceptors (Lipinski definition) is 6. The average molecular weight is 441 g/mol. The van der Waals surface area contributed by atoms with Crippen molar-refractivity contribution in [3.05, 3.63) is 39.6 Å². The van der Waals surface area contributed by atoms with Crippen molar-refractivity contribution in [1.29, 1.82) is 0 Å². The van der Waals surface area contributed by atoms with Crippen LogP contribution in [0, 0.1) is 5.82 Å². The number of piperazine rings is 1. The molecule has 9 heteroatoms.